The first-order valence-corrected chi connectivity index (χ1v) is 5.28. The van der Waals surface area contributed by atoms with Crippen molar-refractivity contribution in [3.63, 3.8) is 0 Å². The Morgan fingerprint density at radius 2 is 2.06 bits per heavy atom. The number of rotatable bonds is 2. The Morgan fingerprint density at radius 3 is 2.69 bits per heavy atom. The highest BCUT2D eigenvalue weighted by atomic mass is 16.5. The summed E-state index contributed by atoms with van der Waals surface area (Å²) in [5.74, 6) is 1.45. The lowest BCUT2D eigenvalue weighted by Crippen LogP contribution is -1.92. The maximum absolute atomic E-state index is 5.88. The molecular weight excluding hydrogens is 202 g/mol. The standard InChI is InChI=1S/C12H15N3O/c1-7(2)11-14-12(16-15-11)9-6-8(3)4-5-10(9)13/h4-7H,13H2,1-3H3. The number of nitrogens with zero attached hydrogens (tertiary/aromatic N) is 2. The van der Waals surface area contributed by atoms with E-state index in [1.54, 1.807) is 0 Å². The summed E-state index contributed by atoms with van der Waals surface area (Å²) in [6.07, 6.45) is 0. The molecule has 4 nitrogen and oxygen atoms in total. The lowest BCUT2D eigenvalue weighted by Gasteiger charge is -2.01. The van der Waals surface area contributed by atoms with E-state index in [1.165, 1.54) is 0 Å². The third-order valence-electron chi connectivity index (χ3n) is 2.40. The maximum Gasteiger partial charge on any atom is 0.260 e. The Kier molecular flexibility index (Phi) is 2.64. The monoisotopic (exact) mass is 217 g/mol. The van der Waals surface area contributed by atoms with Gasteiger partial charge in [0.05, 0.1) is 5.56 Å². The normalized spacial score (nSPS) is 11.0. The van der Waals surface area contributed by atoms with E-state index in [0.717, 1.165) is 11.1 Å². The van der Waals surface area contributed by atoms with E-state index in [9.17, 15) is 0 Å². The van der Waals surface area contributed by atoms with Gasteiger partial charge < -0.3 is 10.3 Å². The van der Waals surface area contributed by atoms with Crippen LogP contribution >= 0.6 is 0 Å². The van der Waals surface area contributed by atoms with Crippen molar-refractivity contribution in [2.24, 2.45) is 0 Å². The Morgan fingerprint density at radius 1 is 1.31 bits per heavy atom. The highest BCUT2D eigenvalue weighted by Gasteiger charge is 2.13. The molecule has 0 atom stereocenters. The molecule has 1 aromatic heterocycles. The number of anilines is 1. The minimum absolute atomic E-state index is 0.253. The molecule has 16 heavy (non-hydrogen) atoms. The molecule has 4 heteroatoms. The fourth-order valence-corrected chi connectivity index (χ4v) is 1.43. The number of nitrogens with two attached hydrogens (primary N) is 1. The van der Waals surface area contributed by atoms with Crippen molar-refractivity contribution in [1.29, 1.82) is 0 Å². The van der Waals surface area contributed by atoms with Gasteiger partial charge in [0, 0.05) is 11.6 Å². The third kappa shape index (κ3) is 1.91. The molecule has 0 aliphatic heterocycles. The number of hydrogen-bond acceptors (Lipinski definition) is 4. The minimum Gasteiger partial charge on any atom is -0.398 e. The van der Waals surface area contributed by atoms with Crippen LogP contribution in [0, 0.1) is 6.92 Å². The first-order valence-electron chi connectivity index (χ1n) is 5.28. The molecule has 2 aromatic rings. The van der Waals surface area contributed by atoms with Crippen LogP contribution in [0.1, 0.15) is 31.2 Å². The minimum atomic E-state index is 0.253. The second-order valence-corrected chi connectivity index (χ2v) is 4.20. The topological polar surface area (TPSA) is 64.9 Å². The quantitative estimate of drug-likeness (QED) is 0.785. The van der Waals surface area contributed by atoms with Crippen LogP contribution in [-0.2, 0) is 0 Å². The van der Waals surface area contributed by atoms with Crippen LogP contribution in [0.3, 0.4) is 0 Å². The molecule has 1 aromatic carbocycles. The summed E-state index contributed by atoms with van der Waals surface area (Å²) in [5.41, 5.74) is 8.46. The Balaban J connectivity index is 2.46. The van der Waals surface area contributed by atoms with Gasteiger partial charge in [0.2, 0.25) is 0 Å². The van der Waals surface area contributed by atoms with Crippen LogP contribution in [0.25, 0.3) is 11.5 Å². The smallest absolute Gasteiger partial charge is 0.260 e. The molecule has 0 unspecified atom stereocenters. The van der Waals surface area contributed by atoms with Gasteiger partial charge >= 0.3 is 0 Å². The van der Waals surface area contributed by atoms with Gasteiger partial charge in [-0.25, -0.2) is 0 Å². The summed E-state index contributed by atoms with van der Waals surface area (Å²) >= 11 is 0. The largest absolute Gasteiger partial charge is 0.398 e. The van der Waals surface area contributed by atoms with Crippen LogP contribution < -0.4 is 5.73 Å². The molecule has 0 fully saturated rings. The molecule has 0 spiro atoms. The van der Waals surface area contributed by atoms with Crippen molar-refractivity contribution in [1.82, 2.24) is 10.1 Å². The van der Waals surface area contributed by atoms with E-state index in [2.05, 4.69) is 10.1 Å². The molecule has 1 heterocycles. The lowest BCUT2D eigenvalue weighted by molar-refractivity contribution is 0.419. The molecule has 0 saturated carbocycles. The van der Waals surface area contributed by atoms with Crippen LogP contribution in [-0.4, -0.2) is 10.1 Å². The van der Waals surface area contributed by atoms with Crippen molar-refractivity contribution in [2.45, 2.75) is 26.7 Å². The van der Waals surface area contributed by atoms with Gasteiger partial charge in [0.25, 0.3) is 5.89 Å². The number of hydrogen-bond donors (Lipinski definition) is 1. The average Bonchev–Trinajstić information content (AvgIpc) is 2.70. The molecule has 0 amide bonds. The van der Waals surface area contributed by atoms with Gasteiger partial charge in [-0.2, -0.15) is 4.98 Å². The molecule has 84 valence electrons. The van der Waals surface area contributed by atoms with E-state index in [4.69, 9.17) is 10.3 Å². The highest BCUT2D eigenvalue weighted by molar-refractivity contribution is 5.70. The summed E-state index contributed by atoms with van der Waals surface area (Å²) < 4.78 is 5.21. The van der Waals surface area contributed by atoms with Crippen LogP contribution in [0.4, 0.5) is 5.69 Å². The lowest BCUT2D eigenvalue weighted by atomic mass is 10.1. The molecular formula is C12H15N3O. The Bertz CT molecular complexity index is 503. The van der Waals surface area contributed by atoms with Crippen molar-refractivity contribution in [3.05, 3.63) is 29.6 Å². The molecule has 0 bridgehead atoms. The van der Waals surface area contributed by atoms with Crippen molar-refractivity contribution < 1.29 is 4.52 Å². The molecule has 0 aliphatic rings. The molecule has 0 aliphatic carbocycles. The molecule has 2 N–H and O–H groups in total. The van der Waals surface area contributed by atoms with Crippen molar-refractivity contribution >= 4 is 5.69 Å². The highest BCUT2D eigenvalue weighted by Crippen LogP contribution is 2.26. The fourth-order valence-electron chi connectivity index (χ4n) is 1.43. The number of aryl methyl sites for hydroxylation is 1. The van der Waals surface area contributed by atoms with E-state index in [1.807, 2.05) is 39.0 Å². The first kappa shape index (κ1) is 10.7. The van der Waals surface area contributed by atoms with Gasteiger partial charge in [-0.3, -0.25) is 0 Å². The average molecular weight is 217 g/mol. The van der Waals surface area contributed by atoms with Crippen LogP contribution in [0.2, 0.25) is 0 Å². The zero-order valence-corrected chi connectivity index (χ0v) is 9.69. The third-order valence-corrected chi connectivity index (χ3v) is 2.40. The van der Waals surface area contributed by atoms with E-state index >= 15 is 0 Å². The predicted molar refractivity (Wildman–Crippen MR) is 63.0 cm³/mol. The van der Waals surface area contributed by atoms with Gasteiger partial charge in [-0.1, -0.05) is 30.6 Å². The SMILES string of the molecule is Cc1ccc(N)c(-c2nc(C(C)C)no2)c1. The molecule has 0 radical (unpaired) electrons. The fraction of sp³-hybridized carbons (Fsp3) is 0.333. The summed E-state index contributed by atoms with van der Waals surface area (Å²) in [6.45, 7) is 6.05. The zero-order chi connectivity index (χ0) is 11.7. The van der Waals surface area contributed by atoms with Gasteiger partial charge in [0.15, 0.2) is 5.82 Å². The Hall–Kier alpha value is -1.84. The van der Waals surface area contributed by atoms with Crippen molar-refractivity contribution in [3.8, 4) is 11.5 Å². The maximum atomic E-state index is 5.88. The second kappa shape index (κ2) is 3.96. The summed E-state index contributed by atoms with van der Waals surface area (Å²) in [7, 11) is 0. The summed E-state index contributed by atoms with van der Waals surface area (Å²) in [5, 5.41) is 3.92. The number of benzene rings is 1. The van der Waals surface area contributed by atoms with Gasteiger partial charge in [0.1, 0.15) is 0 Å². The second-order valence-electron chi connectivity index (χ2n) is 4.20. The molecule has 0 saturated heterocycles. The van der Waals surface area contributed by atoms with E-state index in [-0.39, 0.29) is 5.92 Å². The summed E-state index contributed by atoms with van der Waals surface area (Å²) in [4.78, 5) is 4.32. The van der Waals surface area contributed by atoms with Crippen LogP contribution in [0.15, 0.2) is 22.7 Å². The van der Waals surface area contributed by atoms with E-state index in [0.29, 0.717) is 17.4 Å². The first-order chi connectivity index (χ1) is 7.58. The molecule has 2 rings (SSSR count). The van der Waals surface area contributed by atoms with Gasteiger partial charge in [-0.15, -0.1) is 0 Å². The number of aromatic nitrogens is 2. The van der Waals surface area contributed by atoms with E-state index < -0.39 is 0 Å². The zero-order valence-electron chi connectivity index (χ0n) is 9.69. The Labute approximate surface area is 94.5 Å². The van der Waals surface area contributed by atoms with Crippen molar-refractivity contribution in [2.75, 3.05) is 5.73 Å². The van der Waals surface area contributed by atoms with Gasteiger partial charge in [-0.05, 0) is 19.1 Å². The summed E-state index contributed by atoms with van der Waals surface area (Å²) in [6, 6.07) is 5.76. The predicted octanol–water partition coefficient (Wildman–Crippen LogP) is 2.75. The number of nitrogen functional groups attached to an aromatic ring is 1. The van der Waals surface area contributed by atoms with Crippen LogP contribution in [0.5, 0.6) is 0 Å².